The highest BCUT2D eigenvalue weighted by Crippen LogP contribution is 2.49. The van der Waals surface area contributed by atoms with Gasteiger partial charge in [-0.05, 0) is 42.5 Å². The molecule has 0 radical (unpaired) electrons. The van der Waals surface area contributed by atoms with Crippen LogP contribution in [0.1, 0.15) is 11.6 Å². The summed E-state index contributed by atoms with van der Waals surface area (Å²) in [6.45, 7) is -0.682. The van der Waals surface area contributed by atoms with Crippen LogP contribution in [-0.4, -0.2) is 30.5 Å². The lowest BCUT2D eigenvalue weighted by molar-refractivity contribution is -0.307. The third kappa shape index (κ3) is 3.65. The number of anilines is 2. The number of hydroxylamine groups is 1. The number of amides is 2. The first-order chi connectivity index (χ1) is 16.5. The van der Waals surface area contributed by atoms with Gasteiger partial charge in [-0.2, -0.15) is 0 Å². The molecule has 3 atom stereocenters. The van der Waals surface area contributed by atoms with Crippen LogP contribution in [0, 0.1) is 11.7 Å². The fourth-order valence-electron chi connectivity index (χ4n) is 4.37. The van der Waals surface area contributed by atoms with Crippen molar-refractivity contribution in [1.82, 2.24) is 0 Å². The van der Waals surface area contributed by atoms with Crippen LogP contribution in [0.4, 0.5) is 15.8 Å². The number of ether oxygens (including phenoxy) is 1. The molecule has 8 nitrogen and oxygen atoms in total. The summed E-state index contributed by atoms with van der Waals surface area (Å²) in [6.07, 6.45) is -1.13. The number of fused-ring (bicyclic) bond motifs is 1. The maximum absolute atomic E-state index is 13.6. The molecule has 0 bridgehead atoms. The van der Waals surface area contributed by atoms with E-state index in [0.29, 0.717) is 11.3 Å². The molecular weight excluding hydrogens is 443 g/mol. The van der Waals surface area contributed by atoms with Crippen LogP contribution in [0.15, 0.2) is 78.9 Å². The van der Waals surface area contributed by atoms with Crippen LogP contribution in [0.25, 0.3) is 0 Å². The highest BCUT2D eigenvalue weighted by molar-refractivity contribution is 6.23. The molecule has 0 aromatic heterocycles. The molecule has 172 valence electrons. The average Bonchev–Trinajstić information content (AvgIpc) is 3.35. The summed E-state index contributed by atoms with van der Waals surface area (Å²) in [6, 6.07) is 19.8. The molecule has 2 fully saturated rings. The van der Waals surface area contributed by atoms with Crippen molar-refractivity contribution in [2.45, 2.75) is 12.1 Å². The van der Waals surface area contributed by atoms with Gasteiger partial charge in [-0.25, -0.2) is 14.4 Å². The number of hydrogen-bond donors (Lipinski definition) is 0. The first-order valence-electron chi connectivity index (χ1n) is 10.5. The Hall–Kier alpha value is -4.24. The van der Waals surface area contributed by atoms with Gasteiger partial charge in [0.15, 0.2) is 6.10 Å². The van der Waals surface area contributed by atoms with Gasteiger partial charge in [0.2, 0.25) is 5.91 Å². The van der Waals surface area contributed by atoms with Gasteiger partial charge in [0, 0.05) is 5.56 Å². The maximum Gasteiger partial charge on any atom is 0.266 e. The van der Waals surface area contributed by atoms with Crippen molar-refractivity contribution in [3.8, 4) is 5.75 Å². The summed E-state index contributed by atoms with van der Waals surface area (Å²) in [4.78, 5) is 44.9. The highest BCUT2D eigenvalue weighted by atomic mass is 19.1. The standard InChI is InChI=1S/C25H19FN2O6/c26-15-10-12-16(13-11-15)27-24(31)21-22(18-8-4-5-9-19(18)33-14-20(29)30)28(34-23(21)25(27)32)17-6-2-1-3-7-17/h1-13,21-23H,14H2,(H,29,30)/p-1/t21-,22-,23+/m0/s1. The van der Waals surface area contributed by atoms with E-state index < -0.39 is 48.3 Å². The Bertz CT molecular complexity index is 1250. The second-order valence-electron chi connectivity index (χ2n) is 7.84. The Morgan fingerprint density at radius 3 is 2.29 bits per heavy atom. The number of hydrogen-bond acceptors (Lipinski definition) is 7. The third-order valence-electron chi connectivity index (χ3n) is 5.79. The molecule has 0 unspecified atom stereocenters. The predicted molar refractivity (Wildman–Crippen MR) is 116 cm³/mol. The third-order valence-corrected chi connectivity index (χ3v) is 5.79. The topological polar surface area (TPSA) is 99.2 Å². The lowest BCUT2D eigenvalue weighted by Crippen LogP contribution is -2.37. The largest absolute Gasteiger partial charge is 0.546 e. The van der Waals surface area contributed by atoms with Gasteiger partial charge in [0.05, 0.1) is 23.4 Å². The number of nitrogens with zero attached hydrogens (tertiary/aromatic N) is 2. The number of benzene rings is 3. The SMILES string of the molecule is O=C([O-])COc1ccccc1[C@H]1[C@@H]2C(=O)N(c3ccc(F)cc3)C(=O)[C@@H]2ON1c1ccccc1. The van der Waals surface area contributed by atoms with Gasteiger partial charge >= 0.3 is 0 Å². The summed E-state index contributed by atoms with van der Waals surface area (Å²) in [5.74, 6) is -3.71. The van der Waals surface area contributed by atoms with E-state index in [1.54, 1.807) is 48.5 Å². The molecule has 9 heteroatoms. The van der Waals surface area contributed by atoms with E-state index in [2.05, 4.69) is 0 Å². The second-order valence-corrected chi connectivity index (χ2v) is 7.84. The molecule has 0 saturated carbocycles. The van der Waals surface area contributed by atoms with E-state index in [1.807, 2.05) is 6.07 Å². The van der Waals surface area contributed by atoms with Gasteiger partial charge in [0.25, 0.3) is 5.91 Å². The Labute approximate surface area is 193 Å². The molecular formula is C25H18FN2O6-. The van der Waals surface area contributed by atoms with Crippen molar-refractivity contribution in [3.63, 3.8) is 0 Å². The van der Waals surface area contributed by atoms with Crippen LogP contribution in [0.5, 0.6) is 5.75 Å². The van der Waals surface area contributed by atoms with E-state index in [9.17, 15) is 23.9 Å². The molecule has 2 aliphatic rings. The zero-order valence-corrected chi connectivity index (χ0v) is 17.7. The first kappa shape index (κ1) is 21.6. The summed E-state index contributed by atoms with van der Waals surface area (Å²) in [5, 5.41) is 12.5. The first-order valence-corrected chi connectivity index (χ1v) is 10.5. The summed E-state index contributed by atoms with van der Waals surface area (Å²) >= 11 is 0. The number of imide groups is 1. The Balaban J connectivity index is 1.59. The molecule has 2 aliphatic heterocycles. The van der Waals surface area contributed by atoms with Crippen LogP contribution < -0.4 is 19.8 Å². The number of carboxylic acids is 1. The van der Waals surface area contributed by atoms with E-state index in [0.717, 1.165) is 4.90 Å². The van der Waals surface area contributed by atoms with Crippen molar-refractivity contribution in [3.05, 3.63) is 90.2 Å². The molecule has 0 spiro atoms. The van der Waals surface area contributed by atoms with E-state index in [1.165, 1.54) is 29.3 Å². The monoisotopic (exact) mass is 461 g/mol. The molecule has 2 saturated heterocycles. The van der Waals surface area contributed by atoms with Crippen molar-refractivity contribution in [2.75, 3.05) is 16.6 Å². The summed E-state index contributed by atoms with van der Waals surface area (Å²) in [7, 11) is 0. The minimum Gasteiger partial charge on any atom is -0.546 e. The summed E-state index contributed by atoms with van der Waals surface area (Å²) in [5.41, 5.74) is 1.31. The summed E-state index contributed by atoms with van der Waals surface area (Å²) < 4.78 is 18.8. The van der Waals surface area contributed by atoms with E-state index in [4.69, 9.17) is 9.57 Å². The van der Waals surface area contributed by atoms with Crippen molar-refractivity contribution >= 4 is 29.2 Å². The lowest BCUT2D eigenvalue weighted by atomic mass is 9.90. The van der Waals surface area contributed by atoms with E-state index >= 15 is 0 Å². The molecule has 5 rings (SSSR count). The molecule has 3 aromatic carbocycles. The molecule has 3 aromatic rings. The van der Waals surface area contributed by atoms with Crippen LogP contribution in [-0.2, 0) is 19.2 Å². The number of halogens is 1. The van der Waals surface area contributed by atoms with Crippen molar-refractivity contribution in [1.29, 1.82) is 0 Å². The van der Waals surface area contributed by atoms with Gasteiger partial charge < -0.3 is 14.6 Å². The highest BCUT2D eigenvalue weighted by Gasteiger charge is 2.60. The smallest absolute Gasteiger partial charge is 0.266 e. The lowest BCUT2D eigenvalue weighted by Gasteiger charge is -2.29. The molecule has 2 amide bonds. The van der Waals surface area contributed by atoms with Crippen molar-refractivity contribution in [2.24, 2.45) is 5.92 Å². The Morgan fingerprint density at radius 1 is 0.912 bits per heavy atom. The number of carbonyl (C=O) groups is 3. The van der Waals surface area contributed by atoms with Gasteiger partial charge in [-0.3, -0.25) is 14.4 Å². The second kappa shape index (κ2) is 8.60. The fourth-order valence-corrected chi connectivity index (χ4v) is 4.37. The van der Waals surface area contributed by atoms with Crippen LogP contribution in [0.3, 0.4) is 0 Å². The van der Waals surface area contributed by atoms with Crippen molar-refractivity contribution < 1.29 is 33.5 Å². The molecule has 2 heterocycles. The zero-order valence-electron chi connectivity index (χ0n) is 17.7. The number of para-hydroxylation sites is 2. The van der Waals surface area contributed by atoms with Gasteiger partial charge in [-0.1, -0.05) is 36.4 Å². The van der Waals surface area contributed by atoms with Crippen LogP contribution in [0.2, 0.25) is 0 Å². The molecule has 0 aliphatic carbocycles. The number of rotatable bonds is 6. The normalized spacial score (nSPS) is 21.6. The van der Waals surface area contributed by atoms with Gasteiger partial charge in [-0.15, -0.1) is 0 Å². The van der Waals surface area contributed by atoms with E-state index in [-0.39, 0.29) is 11.4 Å². The predicted octanol–water partition coefficient (Wildman–Crippen LogP) is 2.01. The Kier molecular flexibility index (Phi) is 5.46. The molecule has 0 N–H and O–H groups in total. The van der Waals surface area contributed by atoms with Crippen LogP contribution >= 0.6 is 0 Å². The Morgan fingerprint density at radius 2 is 1.59 bits per heavy atom. The number of carbonyl (C=O) groups excluding carboxylic acids is 3. The minimum atomic E-state index is -1.40. The fraction of sp³-hybridized carbons (Fsp3) is 0.160. The minimum absolute atomic E-state index is 0.224. The average molecular weight is 461 g/mol. The molecule has 34 heavy (non-hydrogen) atoms. The maximum atomic E-state index is 13.6. The van der Waals surface area contributed by atoms with Gasteiger partial charge in [0.1, 0.15) is 24.1 Å². The number of aliphatic carboxylic acids is 1. The number of carboxylic acid groups (broad SMARTS) is 1. The quantitative estimate of drug-likeness (QED) is 0.518. The zero-order chi connectivity index (χ0) is 23.8.